The molecular formula is C24H31FN4O3Si. The van der Waals surface area contributed by atoms with Crippen LogP contribution in [-0.4, -0.2) is 40.4 Å². The molecule has 0 saturated heterocycles. The Morgan fingerprint density at radius 1 is 1.27 bits per heavy atom. The van der Waals surface area contributed by atoms with E-state index in [2.05, 4.69) is 29.8 Å². The maximum absolute atomic E-state index is 15.2. The lowest BCUT2D eigenvalue weighted by molar-refractivity contribution is -0.0387. The predicted octanol–water partition coefficient (Wildman–Crippen LogP) is 4.62. The minimum absolute atomic E-state index is 0.103. The van der Waals surface area contributed by atoms with E-state index < -0.39 is 19.5 Å². The van der Waals surface area contributed by atoms with Crippen molar-refractivity contribution in [3.8, 4) is 11.3 Å². The molecule has 0 radical (unpaired) electrons. The van der Waals surface area contributed by atoms with Crippen LogP contribution in [-0.2, 0) is 17.1 Å². The molecule has 0 aliphatic heterocycles. The van der Waals surface area contributed by atoms with E-state index in [4.69, 9.17) is 10.5 Å². The van der Waals surface area contributed by atoms with Crippen molar-refractivity contribution in [3.63, 3.8) is 0 Å². The Bertz CT molecular complexity index is 1180. The van der Waals surface area contributed by atoms with Crippen molar-refractivity contribution in [2.24, 2.45) is 10.9 Å². The normalized spacial score (nSPS) is 16.2. The zero-order valence-corrected chi connectivity index (χ0v) is 20.3. The second-order valence-corrected chi connectivity index (χ2v) is 15.6. The van der Waals surface area contributed by atoms with Gasteiger partial charge < -0.3 is 25.4 Å². The molecule has 33 heavy (non-hydrogen) atoms. The number of oxime groups is 1. The van der Waals surface area contributed by atoms with Crippen LogP contribution in [0, 0.1) is 5.82 Å². The van der Waals surface area contributed by atoms with Crippen molar-refractivity contribution >= 4 is 24.9 Å². The number of ether oxygens (including phenoxy) is 1. The maximum atomic E-state index is 15.2. The number of amidine groups is 1. The van der Waals surface area contributed by atoms with Crippen molar-refractivity contribution in [3.05, 3.63) is 53.5 Å². The van der Waals surface area contributed by atoms with Crippen molar-refractivity contribution in [1.29, 1.82) is 0 Å². The summed E-state index contributed by atoms with van der Waals surface area (Å²) in [4.78, 5) is 4.55. The highest BCUT2D eigenvalue weighted by Gasteiger charge is 2.36. The Kier molecular flexibility index (Phi) is 6.30. The molecule has 4 N–H and O–H groups in total. The van der Waals surface area contributed by atoms with Gasteiger partial charge >= 0.3 is 0 Å². The third-order valence-corrected chi connectivity index (χ3v) is 8.00. The third kappa shape index (κ3) is 4.80. The predicted molar refractivity (Wildman–Crippen MR) is 129 cm³/mol. The standard InChI is InChI=1S/C24H31FN4O3Si/c1-33(2,3)12-11-32-15-29-14-18(23(26)28-31)22-20(29)13-19(25)21(27-22)16-5-7-17(8-6-16)24(30)9-4-10-24/h5-8,13-14,30-31H,4,9-12,15H2,1-3H3,(H2,26,28). The average Bonchev–Trinajstić information content (AvgIpc) is 3.10. The molecule has 0 atom stereocenters. The van der Waals surface area contributed by atoms with Gasteiger partial charge in [-0.2, -0.15) is 0 Å². The Labute approximate surface area is 193 Å². The van der Waals surface area contributed by atoms with E-state index in [0.717, 1.165) is 30.9 Å². The first kappa shape index (κ1) is 23.4. The second kappa shape index (κ2) is 8.89. The topological polar surface area (TPSA) is 106 Å². The molecule has 1 aromatic carbocycles. The summed E-state index contributed by atoms with van der Waals surface area (Å²) in [7, 11) is -1.23. The van der Waals surface area contributed by atoms with E-state index in [0.29, 0.717) is 28.8 Å². The summed E-state index contributed by atoms with van der Waals surface area (Å²) in [6.45, 7) is 7.65. The molecule has 7 nitrogen and oxygen atoms in total. The van der Waals surface area contributed by atoms with Crippen LogP contribution in [0.1, 0.15) is 30.4 Å². The van der Waals surface area contributed by atoms with Gasteiger partial charge in [-0.1, -0.05) is 49.1 Å². The highest BCUT2D eigenvalue weighted by Crippen LogP contribution is 2.41. The van der Waals surface area contributed by atoms with E-state index in [1.807, 2.05) is 12.1 Å². The molecule has 0 amide bonds. The van der Waals surface area contributed by atoms with Crippen molar-refractivity contribution in [2.75, 3.05) is 6.61 Å². The molecule has 9 heteroatoms. The van der Waals surface area contributed by atoms with Gasteiger partial charge in [-0.3, -0.25) is 0 Å². The van der Waals surface area contributed by atoms with Gasteiger partial charge in [-0.05, 0) is 30.9 Å². The van der Waals surface area contributed by atoms with Crippen LogP contribution in [0.4, 0.5) is 4.39 Å². The van der Waals surface area contributed by atoms with Crippen LogP contribution in [0.25, 0.3) is 22.3 Å². The van der Waals surface area contributed by atoms with Gasteiger partial charge in [0.25, 0.3) is 0 Å². The lowest BCUT2D eigenvalue weighted by Gasteiger charge is -2.37. The summed E-state index contributed by atoms with van der Waals surface area (Å²) < 4.78 is 22.7. The number of hydrogen-bond acceptors (Lipinski definition) is 5. The Hall–Kier alpha value is -2.75. The minimum Gasteiger partial charge on any atom is -0.409 e. The fourth-order valence-electron chi connectivity index (χ4n) is 4.01. The van der Waals surface area contributed by atoms with Gasteiger partial charge in [0, 0.05) is 32.5 Å². The molecule has 0 unspecified atom stereocenters. The number of hydrogen-bond donors (Lipinski definition) is 3. The van der Waals surface area contributed by atoms with Crippen LogP contribution in [0.15, 0.2) is 41.7 Å². The number of aromatic nitrogens is 2. The number of halogens is 1. The molecule has 3 aromatic rings. The second-order valence-electron chi connectivity index (χ2n) is 9.99. The number of pyridine rings is 1. The lowest BCUT2D eigenvalue weighted by atomic mass is 9.75. The summed E-state index contributed by atoms with van der Waals surface area (Å²) >= 11 is 0. The Balaban J connectivity index is 1.67. The molecule has 1 aliphatic rings. The van der Waals surface area contributed by atoms with Gasteiger partial charge in [0.2, 0.25) is 0 Å². The SMILES string of the molecule is C[Si](C)(C)CCOCn1cc(/C(N)=N/O)c2nc(-c3ccc(C4(O)CCC4)cc3)c(F)cc21. The van der Waals surface area contributed by atoms with Crippen LogP contribution in [0.3, 0.4) is 0 Å². The van der Waals surface area contributed by atoms with Crippen LogP contribution in [0.2, 0.25) is 25.7 Å². The molecule has 2 heterocycles. The molecule has 0 bridgehead atoms. The number of fused-ring (bicyclic) bond motifs is 1. The zero-order chi connectivity index (χ0) is 23.8. The number of nitrogens with zero attached hydrogens (tertiary/aromatic N) is 3. The summed E-state index contributed by atoms with van der Waals surface area (Å²) in [6, 6.07) is 9.59. The smallest absolute Gasteiger partial charge is 0.173 e. The van der Waals surface area contributed by atoms with Crippen molar-refractivity contribution in [2.45, 2.75) is 57.3 Å². The highest BCUT2D eigenvalue weighted by atomic mass is 28.3. The van der Waals surface area contributed by atoms with Crippen LogP contribution < -0.4 is 5.73 Å². The molecule has 2 aromatic heterocycles. The first-order valence-electron chi connectivity index (χ1n) is 11.2. The lowest BCUT2D eigenvalue weighted by Crippen LogP contribution is -2.33. The van der Waals surface area contributed by atoms with E-state index >= 15 is 4.39 Å². The van der Waals surface area contributed by atoms with E-state index in [1.54, 1.807) is 22.9 Å². The van der Waals surface area contributed by atoms with E-state index in [1.165, 1.54) is 6.07 Å². The number of rotatable bonds is 8. The summed E-state index contributed by atoms with van der Waals surface area (Å²) in [5, 5.41) is 22.9. The quantitative estimate of drug-likeness (QED) is 0.111. The van der Waals surface area contributed by atoms with Gasteiger partial charge in [-0.25, -0.2) is 9.37 Å². The fourth-order valence-corrected chi connectivity index (χ4v) is 4.77. The van der Waals surface area contributed by atoms with Crippen LogP contribution in [0.5, 0.6) is 0 Å². The summed E-state index contributed by atoms with van der Waals surface area (Å²) in [5.74, 6) is -0.585. The molecule has 1 aliphatic carbocycles. The molecule has 4 rings (SSSR count). The van der Waals surface area contributed by atoms with Crippen molar-refractivity contribution < 1.29 is 19.4 Å². The molecular weight excluding hydrogens is 439 g/mol. The van der Waals surface area contributed by atoms with Gasteiger partial charge in [0.05, 0.1) is 16.7 Å². The Morgan fingerprint density at radius 3 is 2.55 bits per heavy atom. The zero-order valence-electron chi connectivity index (χ0n) is 19.3. The number of benzene rings is 1. The van der Waals surface area contributed by atoms with Gasteiger partial charge in [-0.15, -0.1) is 0 Å². The van der Waals surface area contributed by atoms with Crippen LogP contribution >= 0.6 is 0 Å². The molecule has 0 spiro atoms. The molecule has 1 fully saturated rings. The first-order valence-corrected chi connectivity index (χ1v) is 14.9. The van der Waals surface area contributed by atoms with E-state index in [-0.39, 0.29) is 18.3 Å². The maximum Gasteiger partial charge on any atom is 0.173 e. The number of nitrogens with two attached hydrogens (primary N) is 1. The minimum atomic E-state index is -1.23. The monoisotopic (exact) mass is 470 g/mol. The third-order valence-electron chi connectivity index (χ3n) is 6.29. The van der Waals surface area contributed by atoms with Crippen molar-refractivity contribution in [1.82, 2.24) is 9.55 Å². The van der Waals surface area contributed by atoms with Gasteiger partial charge in [0.15, 0.2) is 11.7 Å². The van der Waals surface area contributed by atoms with E-state index in [9.17, 15) is 10.3 Å². The average molecular weight is 471 g/mol. The Morgan fingerprint density at radius 2 is 1.97 bits per heavy atom. The highest BCUT2D eigenvalue weighted by molar-refractivity contribution is 6.76. The fraction of sp³-hybridized carbons (Fsp3) is 0.417. The molecule has 176 valence electrons. The summed E-state index contributed by atoms with van der Waals surface area (Å²) in [6.07, 6.45) is 4.14. The first-order chi connectivity index (χ1) is 15.6. The number of aliphatic hydroxyl groups is 1. The molecule has 1 saturated carbocycles. The largest absolute Gasteiger partial charge is 0.409 e. The van der Waals surface area contributed by atoms with Gasteiger partial charge in [0.1, 0.15) is 17.9 Å². The summed E-state index contributed by atoms with van der Waals surface area (Å²) in [5.41, 5.74) is 8.04.